The molecule has 2 rings (SSSR count). The van der Waals surface area contributed by atoms with Crippen LogP contribution in [0.15, 0.2) is 24.3 Å². The molecule has 2 atom stereocenters. The minimum atomic E-state index is 0.0159. The van der Waals surface area contributed by atoms with Crippen molar-refractivity contribution in [2.24, 2.45) is 5.73 Å². The largest absolute Gasteiger partial charge is 0.497 e. The van der Waals surface area contributed by atoms with Crippen molar-refractivity contribution < 1.29 is 14.3 Å². The highest BCUT2D eigenvalue weighted by Crippen LogP contribution is 2.18. The van der Waals surface area contributed by atoms with Crippen LogP contribution >= 0.6 is 0 Å². The van der Waals surface area contributed by atoms with Crippen LogP contribution in [-0.2, 0) is 16.1 Å². The lowest BCUT2D eigenvalue weighted by molar-refractivity contribution is -0.124. The fraction of sp³-hybridized carbons (Fsp3) is 0.588. The van der Waals surface area contributed by atoms with Gasteiger partial charge in [-0.1, -0.05) is 12.1 Å². The third-order valence-corrected chi connectivity index (χ3v) is 4.37. The number of nitrogens with two attached hydrogens (primary N) is 1. The molecule has 1 heterocycles. The first-order valence-electron chi connectivity index (χ1n) is 8.02. The van der Waals surface area contributed by atoms with E-state index in [-0.39, 0.29) is 18.1 Å². The van der Waals surface area contributed by atoms with E-state index in [1.54, 1.807) is 14.2 Å². The number of carbonyl (C=O) groups is 1. The number of hydrogen-bond acceptors (Lipinski definition) is 5. The van der Waals surface area contributed by atoms with Crippen molar-refractivity contribution in [1.82, 2.24) is 10.2 Å². The Morgan fingerprint density at radius 1 is 1.43 bits per heavy atom. The van der Waals surface area contributed by atoms with E-state index in [2.05, 4.69) is 10.2 Å². The van der Waals surface area contributed by atoms with Crippen LogP contribution in [0, 0.1) is 0 Å². The van der Waals surface area contributed by atoms with Crippen molar-refractivity contribution >= 4 is 5.91 Å². The number of rotatable bonds is 7. The van der Waals surface area contributed by atoms with Gasteiger partial charge in [0.2, 0.25) is 5.91 Å². The number of piperidine rings is 1. The molecule has 1 aliphatic rings. The first kappa shape index (κ1) is 17.7. The Bertz CT molecular complexity index is 510. The van der Waals surface area contributed by atoms with Gasteiger partial charge in [-0.05, 0) is 30.5 Å². The van der Waals surface area contributed by atoms with Crippen molar-refractivity contribution in [2.75, 3.05) is 33.9 Å². The van der Waals surface area contributed by atoms with E-state index in [1.165, 1.54) is 0 Å². The van der Waals surface area contributed by atoms with Crippen molar-refractivity contribution in [3.8, 4) is 5.75 Å². The Balaban J connectivity index is 1.81. The third-order valence-electron chi connectivity index (χ3n) is 4.37. The van der Waals surface area contributed by atoms with Crippen LogP contribution in [0.5, 0.6) is 5.75 Å². The molecule has 0 aromatic heterocycles. The van der Waals surface area contributed by atoms with Gasteiger partial charge in [0.15, 0.2) is 0 Å². The molecule has 1 amide bonds. The Morgan fingerprint density at radius 3 is 2.96 bits per heavy atom. The number of nitrogens with zero attached hydrogens (tertiary/aromatic N) is 1. The number of amides is 1. The van der Waals surface area contributed by atoms with Crippen molar-refractivity contribution in [2.45, 2.75) is 31.5 Å². The van der Waals surface area contributed by atoms with Gasteiger partial charge < -0.3 is 20.5 Å². The Morgan fingerprint density at radius 2 is 2.26 bits per heavy atom. The summed E-state index contributed by atoms with van der Waals surface area (Å²) in [5.74, 6) is 0.809. The summed E-state index contributed by atoms with van der Waals surface area (Å²) in [5.41, 5.74) is 6.86. The molecule has 2 unspecified atom stereocenters. The predicted octanol–water partition coefficient (Wildman–Crippen LogP) is 0.750. The molecule has 6 heteroatoms. The van der Waals surface area contributed by atoms with Gasteiger partial charge in [0.25, 0.3) is 0 Å². The number of likely N-dealkylation sites (tertiary alicyclic amines) is 1. The molecule has 128 valence electrons. The first-order valence-corrected chi connectivity index (χ1v) is 8.02. The molecule has 23 heavy (non-hydrogen) atoms. The first-order chi connectivity index (χ1) is 11.2. The molecule has 0 aliphatic carbocycles. The average Bonchev–Trinajstić information content (AvgIpc) is 2.60. The maximum Gasteiger partial charge on any atom is 0.234 e. The van der Waals surface area contributed by atoms with Crippen LogP contribution in [-0.4, -0.2) is 56.8 Å². The molecule has 0 saturated carbocycles. The van der Waals surface area contributed by atoms with Crippen LogP contribution in [0.3, 0.4) is 0 Å². The molecule has 1 aromatic carbocycles. The minimum Gasteiger partial charge on any atom is -0.497 e. The number of ether oxygens (including phenoxy) is 2. The predicted molar refractivity (Wildman–Crippen MR) is 89.3 cm³/mol. The smallest absolute Gasteiger partial charge is 0.234 e. The van der Waals surface area contributed by atoms with Crippen molar-refractivity contribution in [3.63, 3.8) is 0 Å². The van der Waals surface area contributed by atoms with Crippen LogP contribution < -0.4 is 15.8 Å². The second-order valence-corrected chi connectivity index (χ2v) is 5.87. The summed E-state index contributed by atoms with van der Waals surface area (Å²) in [6, 6.07) is 7.90. The van der Waals surface area contributed by atoms with E-state index >= 15 is 0 Å². The highest BCUT2D eigenvalue weighted by atomic mass is 16.5. The van der Waals surface area contributed by atoms with Gasteiger partial charge in [-0.25, -0.2) is 0 Å². The lowest BCUT2D eigenvalue weighted by atomic mass is 9.99. The fourth-order valence-corrected chi connectivity index (χ4v) is 2.95. The van der Waals surface area contributed by atoms with Crippen LogP contribution in [0.2, 0.25) is 0 Å². The molecule has 6 nitrogen and oxygen atoms in total. The maximum atomic E-state index is 12.2. The lowest BCUT2D eigenvalue weighted by Gasteiger charge is -2.37. The highest BCUT2D eigenvalue weighted by Gasteiger charge is 2.28. The molecule has 1 aliphatic heterocycles. The summed E-state index contributed by atoms with van der Waals surface area (Å²) < 4.78 is 10.6. The topological polar surface area (TPSA) is 76.8 Å². The Labute approximate surface area is 137 Å². The minimum absolute atomic E-state index is 0.0159. The zero-order valence-corrected chi connectivity index (χ0v) is 14.0. The fourth-order valence-electron chi connectivity index (χ4n) is 2.95. The number of benzene rings is 1. The molecule has 0 radical (unpaired) electrons. The summed E-state index contributed by atoms with van der Waals surface area (Å²) in [6.45, 7) is 2.26. The van der Waals surface area contributed by atoms with E-state index in [0.29, 0.717) is 19.6 Å². The SMILES string of the molecule is COc1cccc(CNC(=O)CN2CCC(OC)CC2CN)c1. The van der Waals surface area contributed by atoms with E-state index in [1.807, 2.05) is 24.3 Å². The van der Waals surface area contributed by atoms with Gasteiger partial charge in [0.05, 0.1) is 19.8 Å². The Kier molecular flexibility index (Phi) is 6.83. The van der Waals surface area contributed by atoms with Gasteiger partial charge in [0.1, 0.15) is 5.75 Å². The lowest BCUT2D eigenvalue weighted by Crippen LogP contribution is -2.51. The highest BCUT2D eigenvalue weighted by molar-refractivity contribution is 5.78. The van der Waals surface area contributed by atoms with Gasteiger partial charge in [-0.2, -0.15) is 0 Å². The van der Waals surface area contributed by atoms with Gasteiger partial charge in [-0.3, -0.25) is 9.69 Å². The Hall–Kier alpha value is -1.63. The molecule has 0 spiro atoms. The van der Waals surface area contributed by atoms with Crippen LogP contribution in [0.25, 0.3) is 0 Å². The molecular weight excluding hydrogens is 294 g/mol. The third kappa shape index (κ3) is 5.20. The maximum absolute atomic E-state index is 12.2. The molecular formula is C17H27N3O3. The van der Waals surface area contributed by atoms with E-state index in [0.717, 1.165) is 30.7 Å². The summed E-state index contributed by atoms with van der Waals surface area (Å²) in [6.07, 6.45) is 2.08. The molecule has 0 bridgehead atoms. The summed E-state index contributed by atoms with van der Waals surface area (Å²) in [4.78, 5) is 14.3. The molecule has 3 N–H and O–H groups in total. The number of methoxy groups -OCH3 is 2. The number of carbonyl (C=O) groups excluding carboxylic acids is 1. The van der Waals surface area contributed by atoms with Crippen LogP contribution in [0.1, 0.15) is 18.4 Å². The average molecular weight is 321 g/mol. The second-order valence-electron chi connectivity index (χ2n) is 5.87. The summed E-state index contributed by atoms with van der Waals surface area (Å²) in [7, 11) is 3.36. The standard InChI is InChI=1S/C17H27N3O3/c1-22-15-5-3-4-13(8-15)11-19-17(21)12-20-7-6-16(23-2)9-14(20)10-18/h3-5,8,14,16H,6-7,9-12,18H2,1-2H3,(H,19,21). The molecule has 1 aromatic rings. The number of nitrogens with one attached hydrogen (secondary N) is 1. The molecule has 1 fully saturated rings. The van der Waals surface area contributed by atoms with E-state index < -0.39 is 0 Å². The van der Waals surface area contributed by atoms with E-state index in [9.17, 15) is 4.79 Å². The van der Waals surface area contributed by atoms with E-state index in [4.69, 9.17) is 15.2 Å². The normalized spacial score (nSPS) is 21.9. The van der Waals surface area contributed by atoms with Crippen molar-refractivity contribution in [3.05, 3.63) is 29.8 Å². The zero-order chi connectivity index (χ0) is 16.7. The zero-order valence-electron chi connectivity index (χ0n) is 14.0. The summed E-state index contributed by atoms with van der Waals surface area (Å²) >= 11 is 0. The van der Waals surface area contributed by atoms with Gasteiger partial charge in [0, 0.05) is 32.8 Å². The van der Waals surface area contributed by atoms with Gasteiger partial charge >= 0.3 is 0 Å². The number of hydrogen-bond donors (Lipinski definition) is 2. The van der Waals surface area contributed by atoms with Crippen molar-refractivity contribution in [1.29, 1.82) is 0 Å². The quantitative estimate of drug-likeness (QED) is 0.775. The summed E-state index contributed by atoms with van der Waals surface area (Å²) in [5, 5.41) is 2.96. The monoisotopic (exact) mass is 321 g/mol. The molecule has 1 saturated heterocycles. The van der Waals surface area contributed by atoms with Gasteiger partial charge in [-0.15, -0.1) is 0 Å². The second kappa shape index (κ2) is 8.86. The van der Waals surface area contributed by atoms with Crippen LogP contribution in [0.4, 0.5) is 0 Å².